The van der Waals surface area contributed by atoms with E-state index in [4.69, 9.17) is 21.4 Å². The van der Waals surface area contributed by atoms with Gasteiger partial charge in [-0.3, -0.25) is 4.68 Å². The van der Waals surface area contributed by atoms with Crippen molar-refractivity contribution in [3.05, 3.63) is 29.2 Å². The van der Waals surface area contributed by atoms with Gasteiger partial charge in [0.25, 0.3) is 0 Å². The normalized spacial score (nSPS) is 18.4. The summed E-state index contributed by atoms with van der Waals surface area (Å²) in [4.78, 5) is 4.27. The van der Waals surface area contributed by atoms with Gasteiger partial charge in [-0.1, -0.05) is 11.6 Å². The van der Waals surface area contributed by atoms with Crippen molar-refractivity contribution in [1.29, 1.82) is 0 Å². The van der Waals surface area contributed by atoms with E-state index in [2.05, 4.69) is 30.9 Å². The molecular formula is C18H22ClN5O. The van der Waals surface area contributed by atoms with Gasteiger partial charge in [-0.25, -0.2) is 9.67 Å². The van der Waals surface area contributed by atoms with Crippen LogP contribution in [-0.2, 0) is 4.74 Å². The van der Waals surface area contributed by atoms with Crippen molar-refractivity contribution in [2.75, 3.05) is 6.61 Å². The summed E-state index contributed by atoms with van der Waals surface area (Å²) < 4.78 is 9.93. The van der Waals surface area contributed by atoms with Crippen molar-refractivity contribution >= 4 is 22.5 Å². The largest absolute Gasteiger partial charge is 0.356 e. The van der Waals surface area contributed by atoms with Gasteiger partial charge in [0, 0.05) is 30.3 Å². The third-order valence-corrected chi connectivity index (χ3v) is 4.89. The molecular weight excluding hydrogens is 338 g/mol. The summed E-state index contributed by atoms with van der Waals surface area (Å²) in [6.07, 6.45) is 6.90. The second-order valence-electron chi connectivity index (χ2n) is 6.85. The summed E-state index contributed by atoms with van der Waals surface area (Å²) in [5, 5.41) is 10.9. The molecule has 0 radical (unpaired) electrons. The van der Waals surface area contributed by atoms with E-state index in [1.807, 2.05) is 21.6 Å². The number of ether oxygens (including phenoxy) is 1. The molecule has 0 spiro atoms. The molecule has 3 aromatic rings. The Morgan fingerprint density at radius 3 is 2.84 bits per heavy atom. The third-order valence-electron chi connectivity index (χ3n) is 4.68. The van der Waals surface area contributed by atoms with Crippen LogP contribution >= 0.6 is 11.6 Å². The van der Waals surface area contributed by atoms with Gasteiger partial charge in [-0.05, 0) is 45.6 Å². The van der Waals surface area contributed by atoms with Crippen LogP contribution < -0.4 is 0 Å². The highest BCUT2D eigenvalue weighted by molar-refractivity contribution is 6.30. The molecule has 132 valence electrons. The van der Waals surface area contributed by atoms with Crippen molar-refractivity contribution < 1.29 is 4.74 Å². The number of hydrogen-bond acceptors (Lipinski definition) is 4. The fourth-order valence-corrected chi connectivity index (χ4v) is 3.61. The standard InChI is InChI=1S/C18H22ClN5O/c1-11(2)23-14-8-15(19)20-10-13(14)17(22-23)18-12(3)9-21-24(18)16-6-4-5-7-25-16/h8-11,16H,4-7H2,1-3H3. The predicted molar refractivity (Wildman–Crippen MR) is 97.7 cm³/mol. The maximum Gasteiger partial charge on any atom is 0.150 e. The summed E-state index contributed by atoms with van der Waals surface area (Å²) in [7, 11) is 0. The zero-order valence-electron chi connectivity index (χ0n) is 14.7. The molecule has 6 nitrogen and oxygen atoms in total. The Hall–Kier alpha value is -1.92. The van der Waals surface area contributed by atoms with Crippen LogP contribution in [0.15, 0.2) is 18.5 Å². The summed E-state index contributed by atoms with van der Waals surface area (Å²) >= 11 is 6.12. The molecule has 0 aliphatic carbocycles. The fraction of sp³-hybridized carbons (Fsp3) is 0.500. The van der Waals surface area contributed by atoms with Crippen LogP contribution in [-0.4, -0.2) is 31.2 Å². The smallest absolute Gasteiger partial charge is 0.150 e. The van der Waals surface area contributed by atoms with E-state index in [-0.39, 0.29) is 12.3 Å². The number of rotatable bonds is 3. The average Bonchev–Trinajstić information content (AvgIpc) is 3.15. The van der Waals surface area contributed by atoms with Crippen LogP contribution in [0.3, 0.4) is 0 Å². The van der Waals surface area contributed by atoms with Crippen LogP contribution in [0.4, 0.5) is 0 Å². The lowest BCUT2D eigenvalue weighted by atomic mass is 10.1. The Bertz CT molecular complexity index is 908. The van der Waals surface area contributed by atoms with E-state index in [0.29, 0.717) is 5.15 Å². The number of aryl methyl sites for hydroxylation is 1. The first-order valence-corrected chi connectivity index (χ1v) is 9.14. The first-order chi connectivity index (χ1) is 12.1. The predicted octanol–water partition coefficient (Wildman–Crippen LogP) is 4.54. The fourth-order valence-electron chi connectivity index (χ4n) is 3.45. The van der Waals surface area contributed by atoms with Crippen molar-refractivity contribution in [1.82, 2.24) is 24.5 Å². The lowest BCUT2D eigenvalue weighted by molar-refractivity contribution is -0.0384. The second-order valence-corrected chi connectivity index (χ2v) is 7.24. The number of halogens is 1. The highest BCUT2D eigenvalue weighted by Crippen LogP contribution is 2.35. The molecule has 0 saturated carbocycles. The average molecular weight is 360 g/mol. The van der Waals surface area contributed by atoms with Gasteiger partial charge in [0.2, 0.25) is 0 Å². The van der Waals surface area contributed by atoms with Gasteiger partial charge >= 0.3 is 0 Å². The number of fused-ring (bicyclic) bond motifs is 1. The molecule has 4 rings (SSSR count). The summed E-state index contributed by atoms with van der Waals surface area (Å²) in [6.45, 7) is 7.06. The summed E-state index contributed by atoms with van der Waals surface area (Å²) in [5.74, 6) is 0. The Kier molecular flexibility index (Phi) is 4.25. The lowest BCUT2D eigenvalue weighted by Crippen LogP contribution is -2.20. The molecule has 1 aliphatic heterocycles. The minimum absolute atomic E-state index is 0.0306. The van der Waals surface area contributed by atoms with Crippen LogP contribution in [0.25, 0.3) is 22.3 Å². The van der Waals surface area contributed by atoms with Crippen molar-refractivity contribution in [2.24, 2.45) is 0 Å². The molecule has 0 bridgehead atoms. The Labute approximate surface area is 151 Å². The Balaban J connectivity index is 1.92. The SMILES string of the molecule is Cc1cnn(C2CCCCO2)c1-c1nn(C(C)C)c2cc(Cl)ncc12. The van der Waals surface area contributed by atoms with E-state index < -0.39 is 0 Å². The lowest BCUT2D eigenvalue weighted by Gasteiger charge is -2.24. The van der Waals surface area contributed by atoms with E-state index in [1.165, 1.54) is 0 Å². The number of hydrogen-bond donors (Lipinski definition) is 0. The number of pyridine rings is 1. The molecule has 4 heterocycles. The van der Waals surface area contributed by atoms with Crippen LogP contribution in [0.1, 0.15) is 50.9 Å². The minimum Gasteiger partial charge on any atom is -0.356 e. The third kappa shape index (κ3) is 2.83. The van der Waals surface area contributed by atoms with Crippen molar-refractivity contribution in [3.8, 4) is 11.4 Å². The first-order valence-electron chi connectivity index (χ1n) is 8.76. The highest BCUT2D eigenvalue weighted by atomic mass is 35.5. The minimum atomic E-state index is -0.0306. The van der Waals surface area contributed by atoms with Gasteiger partial charge in [0.1, 0.15) is 10.8 Å². The zero-order chi connectivity index (χ0) is 17.6. The zero-order valence-corrected chi connectivity index (χ0v) is 15.5. The molecule has 1 fully saturated rings. The molecule has 0 N–H and O–H groups in total. The number of nitrogens with zero attached hydrogens (tertiary/aromatic N) is 5. The van der Waals surface area contributed by atoms with E-state index >= 15 is 0 Å². The molecule has 0 amide bonds. The molecule has 1 atom stereocenters. The van der Waals surface area contributed by atoms with Crippen molar-refractivity contribution in [2.45, 2.75) is 52.3 Å². The van der Waals surface area contributed by atoms with Gasteiger partial charge in [-0.15, -0.1) is 0 Å². The van der Waals surface area contributed by atoms with E-state index in [0.717, 1.165) is 53.7 Å². The highest BCUT2D eigenvalue weighted by Gasteiger charge is 2.25. The van der Waals surface area contributed by atoms with E-state index in [9.17, 15) is 0 Å². The monoisotopic (exact) mass is 359 g/mol. The van der Waals surface area contributed by atoms with Crippen LogP contribution in [0.2, 0.25) is 5.15 Å². The van der Waals surface area contributed by atoms with Gasteiger partial charge in [0.15, 0.2) is 6.23 Å². The van der Waals surface area contributed by atoms with Gasteiger partial charge < -0.3 is 4.74 Å². The van der Waals surface area contributed by atoms with Crippen LogP contribution in [0.5, 0.6) is 0 Å². The summed E-state index contributed by atoms with van der Waals surface area (Å²) in [5.41, 5.74) is 3.96. The Morgan fingerprint density at radius 1 is 1.28 bits per heavy atom. The molecule has 3 aromatic heterocycles. The topological polar surface area (TPSA) is 57.8 Å². The second kappa shape index (κ2) is 6.42. The molecule has 25 heavy (non-hydrogen) atoms. The maximum atomic E-state index is 6.12. The quantitative estimate of drug-likeness (QED) is 0.644. The summed E-state index contributed by atoms with van der Waals surface area (Å²) in [6, 6.07) is 2.10. The van der Waals surface area contributed by atoms with Crippen LogP contribution in [0, 0.1) is 6.92 Å². The van der Waals surface area contributed by atoms with Gasteiger partial charge in [-0.2, -0.15) is 10.2 Å². The molecule has 7 heteroatoms. The first kappa shape index (κ1) is 16.5. The van der Waals surface area contributed by atoms with E-state index in [1.54, 1.807) is 6.20 Å². The maximum absolute atomic E-state index is 6.12. The number of aromatic nitrogens is 5. The van der Waals surface area contributed by atoms with Gasteiger partial charge in [0.05, 0.1) is 17.4 Å². The van der Waals surface area contributed by atoms with Crippen molar-refractivity contribution in [3.63, 3.8) is 0 Å². The molecule has 1 aliphatic rings. The molecule has 1 saturated heterocycles. The Morgan fingerprint density at radius 2 is 2.12 bits per heavy atom. The molecule has 0 aromatic carbocycles. The molecule has 1 unspecified atom stereocenters.